The number of hydrogen-bond acceptors (Lipinski definition) is 4. The molecule has 0 aliphatic rings. The Bertz CT molecular complexity index is 692. The van der Waals surface area contributed by atoms with Gasteiger partial charge in [0.05, 0.1) is 35.8 Å². The van der Waals surface area contributed by atoms with Crippen LogP contribution >= 0.6 is 0 Å². The highest BCUT2D eigenvalue weighted by Crippen LogP contribution is 2.32. The molecule has 102 valence electrons. The zero-order valence-electron chi connectivity index (χ0n) is 11.2. The van der Waals surface area contributed by atoms with Gasteiger partial charge in [0.15, 0.2) is 0 Å². The van der Waals surface area contributed by atoms with Crippen LogP contribution in [0.5, 0.6) is 5.75 Å². The Morgan fingerprint density at radius 2 is 2.00 bits per heavy atom. The monoisotopic (exact) mass is 271 g/mol. The standard InChI is InChI=1S/C15H14FN3O/c1-9-5-14(12(18)7-11(9)16)19-13-4-3-10(8-17)6-15(13)20-2/h3-7,19H,18H2,1-2H3. The molecule has 0 aromatic heterocycles. The predicted octanol–water partition coefficient (Wildman–Crippen LogP) is 3.34. The van der Waals surface area contributed by atoms with Gasteiger partial charge >= 0.3 is 0 Å². The predicted molar refractivity (Wildman–Crippen MR) is 76.5 cm³/mol. The minimum atomic E-state index is -0.347. The number of halogens is 1. The molecule has 2 aromatic rings. The molecular formula is C15H14FN3O. The van der Waals surface area contributed by atoms with E-state index in [0.717, 1.165) is 0 Å². The van der Waals surface area contributed by atoms with E-state index in [-0.39, 0.29) is 5.82 Å². The molecule has 0 spiro atoms. The maximum absolute atomic E-state index is 13.4. The number of rotatable bonds is 3. The summed E-state index contributed by atoms with van der Waals surface area (Å²) < 4.78 is 18.6. The lowest BCUT2D eigenvalue weighted by Gasteiger charge is -2.14. The van der Waals surface area contributed by atoms with Crippen LogP contribution in [0.3, 0.4) is 0 Å². The van der Waals surface area contributed by atoms with Gasteiger partial charge in [0, 0.05) is 6.07 Å². The minimum absolute atomic E-state index is 0.305. The number of nitriles is 1. The van der Waals surface area contributed by atoms with Crippen LogP contribution in [0.2, 0.25) is 0 Å². The molecule has 0 unspecified atom stereocenters. The minimum Gasteiger partial charge on any atom is -0.495 e. The summed E-state index contributed by atoms with van der Waals surface area (Å²) >= 11 is 0. The Morgan fingerprint density at radius 3 is 2.65 bits per heavy atom. The number of methoxy groups -OCH3 is 1. The average molecular weight is 271 g/mol. The first-order valence-corrected chi connectivity index (χ1v) is 5.96. The molecule has 0 saturated carbocycles. The summed E-state index contributed by atoms with van der Waals surface area (Å²) in [5.74, 6) is 0.172. The van der Waals surface area contributed by atoms with Gasteiger partial charge in [-0.15, -0.1) is 0 Å². The number of ether oxygens (including phenoxy) is 1. The first-order valence-electron chi connectivity index (χ1n) is 5.96. The molecule has 4 nitrogen and oxygen atoms in total. The normalized spacial score (nSPS) is 9.90. The van der Waals surface area contributed by atoms with Gasteiger partial charge in [-0.25, -0.2) is 4.39 Å². The van der Waals surface area contributed by atoms with Crippen LogP contribution < -0.4 is 15.8 Å². The summed E-state index contributed by atoms with van der Waals surface area (Å²) in [6.07, 6.45) is 0. The number of nitrogens with zero attached hydrogens (tertiary/aromatic N) is 1. The van der Waals surface area contributed by atoms with Crippen LogP contribution in [0.4, 0.5) is 21.5 Å². The van der Waals surface area contributed by atoms with Gasteiger partial charge < -0.3 is 15.8 Å². The summed E-state index contributed by atoms with van der Waals surface area (Å²) in [5, 5.41) is 11.9. The fraction of sp³-hybridized carbons (Fsp3) is 0.133. The third-order valence-electron chi connectivity index (χ3n) is 2.93. The number of aryl methyl sites for hydroxylation is 1. The summed E-state index contributed by atoms with van der Waals surface area (Å²) in [4.78, 5) is 0. The lowest BCUT2D eigenvalue weighted by atomic mass is 10.1. The zero-order chi connectivity index (χ0) is 14.7. The van der Waals surface area contributed by atoms with Crippen LogP contribution in [0, 0.1) is 24.1 Å². The van der Waals surface area contributed by atoms with E-state index in [2.05, 4.69) is 5.32 Å². The van der Waals surface area contributed by atoms with E-state index in [4.69, 9.17) is 15.7 Å². The van der Waals surface area contributed by atoms with Crippen molar-refractivity contribution >= 4 is 17.1 Å². The smallest absolute Gasteiger partial charge is 0.143 e. The van der Waals surface area contributed by atoms with Gasteiger partial charge in [0.1, 0.15) is 11.6 Å². The first kappa shape index (κ1) is 13.7. The molecule has 0 fully saturated rings. The van der Waals surface area contributed by atoms with Gasteiger partial charge in [-0.1, -0.05) is 0 Å². The van der Waals surface area contributed by atoms with Gasteiger partial charge in [0.2, 0.25) is 0 Å². The van der Waals surface area contributed by atoms with Crippen LogP contribution in [0.1, 0.15) is 11.1 Å². The number of nitrogens with two attached hydrogens (primary N) is 1. The quantitative estimate of drug-likeness (QED) is 0.840. The zero-order valence-corrected chi connectivity index (χ0v) is 11.2. The highest BCUT2D eigenvalue weighted by molar-refractivity contribution is 5.76. The summed E-state index contributed by atoms with van der Waals surface area (Å²) in [5.41, 5.74) is 8.33. The lowest BCUT2D eigenvalue weighted by molar-refractivity contribution is 0.416. The van der Waals surface area contributed by atoms with Crippen molar-refractivity contribution in [2.24, 2.45) is 0 Å². The van der Waals surface area contributed by atoms with Crippen molar-refractivity contribution in [3.63, 3.8) is 0 Å². The molecular weight excluding hydrogens is 257 g/mol. The van der Waals surface area contributed by atoms with Crippen molar-refractivity contribution in [3.05, 3.63) is 47.3 Å². The second-order valence-corrected chi connectivity index (χ2v) is 4.34. The maximum Gasteiger partial charge on any atom is 0.143 e. The Hall–Kier alpha value is -2.74. The molecule has 20 heavy (non-hydrogen) atoms. The van der Waals surface area contributed by atoms with E-state index in [1.54, 1.807) is 31.2 Å². The Labute approximate surface area is 116 Å². The summed E-state index contributed by atoms with van der Waals surface area (Å²) in [6.45, 7) is 1.66. The molecule has 0 aliphatic carbocycles. The molecule has 0 bridgehead atoms. The van der Waals surface area contributed by atoms with Crippen molar-refractivity contribution < 1.29 is 9.13 Å². The highest BCUT2D eigenvalue weighted by Gasteiger charge is 2.09. The molecule has 2 rings (SSSR count). The maximum atomic E-state index is 13.4. The molecule has 0 saturated heterocycles. The number of nitrogens with one attached hydrogen (secondary N) is 1. The van der Waals surface area contributed by atoms with Crippen LogP contribution in [-0.4, -0.2) is 7.11 Å². The third-order valence-corrected chi connectivity index (χ3v) is 2.93. The number of benzene rings is 2. The van der Waals surface area contributed by atoms with Crippen molar-refractivity contribution in [1.29, 1.82) is 5.26 Å². The average Bonchev–Trinajstić information content (AvgIpc) is 2.45. The fourth-order valence-corrected chi connectivity index (χ4v) is 1.81. The van der Waals surface area contributed by atoms with E-state index in [1.165, 1.54) is 13.2 Å². The Balaban J connectivity index is 2.40. The van der Waals surface area contributed by atoms with Gasteiger partial charge in [-0.2, -0.15) is 5.26 Å². The molecule has 0 amide bonds. The van der Waals surface area contributed by atoms with Gasteiger partial charge in [0.25, 0.3) is 0 Å². The number of nitrogen functional groups attached to an aromatic ring is 1. The summed E-state index contributed by atoms with van der Waals surface area (Å²) in [7, 11) is 1.51. The van der Waals surface area contributed by atoms with E-state index < -0.39 is 0 Å². The molecule has 0 aliphatic heterocycles. The van der Waals surface area contributed by atoms with Crippen molar-refractivity contribution in [1.82, 2.24) is 0 Å². The number of anilines is 3. The summed E-state index contributed by atoms with van der Waals surface area (Å²) in [6, 6.07) is 9.94. The fourth-order valence-electron chi connectivity index (χ4n) is 1.81. The lowest BCUT2D eigenvalue weighted by Crippen LogP contribution is -2.00. The third kappa shape index (κ3) is 2.64. The van der Waals surface area contributed by atoms with Gasteiger partial charge in [-0.3, -0.25) is 0 Å². The van der Waals surface area contributed by atoms with Crippen molar-refractivity contribution in [2.75, 3.05) is 18.2 Å². The Kier molecular flexibility index (Phi) is 3.76. The SMILES string of the molecule is COc1cc(C#N)ccc1Nc1cc(C)c(F)cc1N. The highest BCUT2D eigenvalue weighted by atomic mass is 19.1. The first-order chi connectivity index (χ1) is 9.55. The molecule has 0 heterocycles. The second-order valence-electron chi connectivity index (χ2n) is 4.34. The second kappa shape index (κ2) is 5.49. The van der Waals surface area contributed by atoms with Crippen molar-refractivity contribution in [3.8, 4) is 11.8 Å². The van der Waals surface area contributed by atoms with E-state index in [1.807, 2.05) is 6.07 Å². The molecule has 5 heteroatoms. The van der Waals surface area contributed by atoms with Gasteiger partial charge in [-0.05, 0) is 36.8 Å². The largest absolute Gasteiger partial charge is 0.495 e. The molecule has 0 atom stereocenters. The van der Waals surface area contributed by atoms with Crippen LogP contribution in [-0.2, 0) is 0 Å². The van der Waals surface area contributed by atoms with Crippen molar-refractivity contribution in [2.45, 2.75) is 6.92 Å². The Morgan fingerprint density at radius 1 is 1.25 bits per heavy atom. The van der Waals surface area contributed by atoms with E-state index in [0.29, 0.717) is 33.9 Å². The molecule has 0 radical (unpaired) electrons. The van der Waals surface area contributed by atoms with Crippen LogP contribution in [0.15, 0.2) is 30.3 Å². The molecule has 3 N–H and O–H groups in total. The number of hydrogen-bond donors (Lipinski definition) is 2. The topological polar surface area (TPSA) is 71.1 Å². The van der Waals surface area contributed by atoms with E-state index >= 15 is 0 Å². The van der Waals surface area contributed by atoms with E-state index in [9.17, 15) is 4.39 Å². The van der Waals surface area contributed by atoms with Crippen LogP contribution in [0.25, 0.3) is 0 Å². The molecule has 2 aromatic carbocycles.